The van der Waals surface area contributed by atoms with E-state index in [9.17, 15) is 0 Å². The average molecular weight is 250 g/mol. The maximum Gasteiger partial charge on any atom is 0.0597 e. The Bertz CT molecular complexity index is 325. The summed E-state index contributed by atoms with van der Waals surface area (Å²) in [4.78, 5) is 2.27. The van der Waals surface area contributed by atoms with Gasteiger partial charge in [-0.2, -0.15) is 0 Å². The molecule has 1 rings (SSSR count). The van der Waals surface area contributed by atoms with Crippen molar-refractivity contribution in [3.8, 4) is 0 Å². The number of likely N-dealkylation sites (N-methyl/N-ethyl adjacent to an activating group) is 1. The molecule has 0 amide bonds. The molecule has 0 aliphatic heterocycles. The van der Waals surface area contributed by atoms with Crippen molar-refractivity contribution in [2.75, 3.05) is 20.2 Å². The fraction of sp³-hybridized carbons (Fsp3) is 0.600. The molecule has 3 nitrogen and oxygen atoms in total. The van der Waals surface area contributed by atoms with Crippen LogP contribution in [0.5, 0.6) is 0 Å². The van der Waals surface area contributed by atoms with Gasteiger partial charge in [-0.3, -0.25) is 4.90 Å². The van der Waals surface area contributed by atoms with E-state index in [0.29, 0.717) is 0 Å². The van der Waals surface area contributed by atoms with Crippen LogP contribution in [0.2, 0.25) is 0 Å². The van der Waals surface area contributed by atoms with Gasteiger partial charge >= 0.3 is 0 Å². The van der Waals surface area contributed by atoms with Crippen molar-refractivity contribution >= 4 is 0 Å². The molecule has 102 valence electrons. The monoisotopic (exact) mass is 250 g/mol. The lowest BCUT2D eigenvalue weighted by molar-refractivity contribution is 0.0535. The van der Waals surface area contributed by atoms with Crippen molar-refractivity contribution in [2.24, 2.45) is 5.73 Å². The predicted molar refractivity (Wildman–Crippen MR) is 76.6 cm³/mol. The van der Waals surface area contributed by atoms with Crippen molar-refractivity contribution in [1.82, 2.24) is 4.90 Å². The molecular formula is C15H26N2O. The zero-order chi connectivity index (χ0) is 13.5. The molecule has 0 bridgehead atoms. The second-order valence-corrected chi connectivity index (χ2v) is 5.11. The van der Waals surface area contributed by atoms with Gasteiger partial charge in [0.2, 0.25) is 0 Å². The fourth-order valence-electron chi connectivity index (χ4n) is 2.18. The first-order valence-corrected chi connectivity index (χ1v) is 6.64. The Labute approximate surface area is 111 Å². The van der Waals surface area contributed by atoms with Gasteiger partial charge in [-0.05, 0) is 33.4 Å². The number of ether oxygens (including phenoxy) is 1. The maximum absolute atomic E-state index is 6.12. The van der Waals surface area contributed by atoms with Crippen LogP contribution in [0.15, 0.2) is 30.3 Å². The van der Waals surface area contributed by atoms with Gasteiger partial charge < -0.3 is 10.5 Å². The highest BCUT2D eigenvalue weighted by Crippen LogP contribution is 2.21. The Balaban J connectivity index is 2.62. The van der Waals surface area contributed by atoms with Gasteiger partial charge in [-0.25, -0.2) is 0 Å². The highest BCUT2D eigenvalue weighted by molar-refractivity contribution is 5.20. The number of benzene rings is 1. The molecule has 2 N–H and O–H groups in total. The zero-order valence-corrected chi connectivity index (χ0v) is 12.0. The SMILES string of the molecule is CC(C)OCCN(C)C(c1ccccc1)C(C)N. The molecule has 0 aromatic heterocycles. The van der Waals surface area contributed by atoms with E-state index in [1.165, 1.54) is 5.56 Å². The quantitative estimate of drug-likeness (QED) is 0.808. The third-order valence-electron chi connectivity index (χ3n) is 3.01. The van der Waals surface area contributed by atoms with E-state index in [0.717, 1.165) is 13.2 Å². The van der Waals surface area contributed by atoms with Crippen LogP contribution in [0.4, 0.5) is 0 Å². The molecule has 0 fully saturated rings. The summed E-state index contributed by atoms with van der Waals surface area (Å²) < 4.78 is 5.60. The van der Waals surface area contributed by atoms with E-state index in [-0.39, 0.29) is 18.2 Å². The maximum atomic E-state index is 6.12. The van der Waals surface area contributed by atoms with Gasteiger partial charge in [0.25, 0.3) is 0 Å². The molecule has 3 heteroatoms. The first-order chi connectivity index (χ1) is 8.52. The van der Waals surface area contributed by atoms with Crippen LogP contribution in [-0.4, -0.2) is 37.2 Å². The normalized spacial score (nSPS) is 15.1. The predicted octanol–water partition coefficient (Wildman–Crippen LogP) is 2.43. The summed E-state index contributed by atoms with van der Waals surface area (Å²) in [5.41, 5.74) is 7.38. The summed E-state index contributed by atoms with van der Waals surface area (Å²) in [7, 11) is 2.10. The summed E-state index contributed by atoms with van der Waals surface area (Å²) in [6.45, 7) is 7.79. The fourth-order valence-corrected chi connectivity index (χ4v) is 2.18. The van der Waals surface area contributed by atoms with Crippen LogP contribution in [0, 0.1) is 0 Å². The van der Waals surface area contributed by atoms with Crippen molar-refractivity contribution in [3.05, 3.63) is 35.9 Å². The van der Waals surface area contributed by atoms with E-state index in [1.807, 2.05) is 6.07 Å². The molecule has 0 saturated heterocycles. The highest BCUT2D eigenvalue weighted by atomic mass is 16.5. The Hall–Kier alpha value is -0.900. The summed E-state index contributed by atoms with van der Waals surface area (Å²) in [6, 6.07) is 10.7. The van der Waals surface area contributed by atoms with E-state index in [2.05, 4.69) is 57.0 Å². The minimum absolute atomic E-state index is 0.0939. The minimum atomic E-state index is 0.0939. The Morgan fingerprint density at radius 2 is 1.78 bits per heavy atom. The van der Waals surface area contributed by atoms with Gasteiger partial charge in [0, 0.05) is 18.6 Å². The van der Waals surface area contributed by atoms with Crippen molar-refractivity contribution < 1.29 is 4.74 Å². The second kappa shape index (κ2) is 7.52. The number of hydrogen-bond donors (Lipinski definition) is 1. The van der Waals surface area contributed by atoms with Crippen LogP contribution in [-0.2, 0) is 4.74 Å². The molecular weight excluding hydrogens is 224 g/mol. The Morgan fingerprint density at radius 3 is 2.28 bits per heavy atom. The van der Waals surface area contributed by atoms with Gasteiger partial charge in [0.1, 0.15) is 0 Å². The standard InChI is InChI=1S/C15H26N2O/c1-12(2)18-11-10-17(4)15(13(3)16)14-8-6-5-7-9-14/h5-9,12-13,15H,10-11,16H2,1-4H3. The molecule has 2 atom stereocenters. The smallest absolute Gasteiger partial charge is 0.0597 e. The number of nitrogens with two attached hydrogens (primary N) is 1. The van der Waals surface area contributed by atoms with Crippen LogP contribution in [0.3, 0.4) is 0 Å². The molecule has 0 saturated carbocycles. The number of rotatable bonds is 7. The molecule has 2 unspecified atom stereocenters. The molecule has 0 aliphatic carbocycles. The first-order valence-electron chi connectivity index (χ1n) is 6.64. The van der Waals surface area contributed by atoms with Crippen molar-refractivity contribution in [3.63, 3.8) is 0 Å². The second-order valence-electron chi connectivity index (χ2n) is 5.11. The molecule has 0 heterocycles. The first kappa shape index (κ1) is 15.2. The third kappa shape index (κ3) is 4.77. The topological polar surface area (TPSA) is 38.5 Å². The van der Waals surface area contributed by atoms with Crippen LogP contribution >= 0.6 is 0 Å². The van der Waals surface area contributed by atoms with Gasteiger partial charge in [-0.15, -0.1) is 0 Å². The lowest BCUT2D eigenvalue weighted by Gasteiger charge is -2.31. The Morgan fingerprint density at radius 1 is 1.17 bits per heavy atom. The van der Waals surface area contributed by atoms with E-state index in [4.69, 9.17) is 10.5 Å². The molecule has 0 aliphatic rings. The lowest BCUT2D eigenvalue weighted by atomic mass is 10.00. The molecule has 0 radical (unpaired) electrons. The molecule has 18 heavy (non-hydrogen) atoms. The largest absolute Gasteiger partial charge is 0.377 e. The van der Waals surface area contributed by atoms with Crippen molar-refractivity contribution in [1.29, 1.82) is 0 Å². The van der Waals surface area contributed by atoms with E-state index < -0.39 is 0 Å². The van der Waals surface area contributed by atoms with Crippen molar-refractivity contribution in [2.45, 2.75) is 39.0 Å². The van der Waals surface area contributed by atoms with E-state index in [1.54, 1.807) is 0 Å². The summed E-state index contributed by atoms with van der Waals surface area (Å²) in [5.74, 6) is 0. The van der Waals surface area contributed by atoms with E-state index >= 15 is 0 Å². The van der Waals surface area contributed by atoms with Gasteiger partial charge in [0.15, 0.2) is 0 Å². The zero-order valence-electron chi connectivity index (χ0n) is 12.0. The summed E-state index contributed by atoms with van der Waals surface area (Å²) in [6.07, 6.45) is 0.281. The minimum Gasteiger partial charge on any atom is -0.377 e. The van der Waals surface area contributed by atoms with Crippen LogP contribution in [0.1, 0.15) is 32.4 Å². The van der Waals surface area contributed by atoms with Crippen LogP contribution < -0.4 is 5.73 Å². The molecule has 1 aromatic carbocycles. The lowest BCUT2D eigenvalue weighted by Crippen LogP contribution is -2.39. The summed E-state index contributed by atoms with van der Waals surface area (Å²) >= 11 is 0. The summed E-state index contributed by atoms with van der Waals surface area (Å²) in [5, 5.41) is 0. The number of nitrogens with zero attached hydrogens (tertiary/aromatic N) is 1. The highest BCUT2D eigenvalue weighted by Gasteiger charge is 2.20. The molecule has 0 spiro atoms. The van der Waals surface area contributed by atoms with Gasteiger partial charge in [-0.1, -0.05) is 30.3 Å². The van der Waals surface area contributed by atoms with Gasteiger partial charge in [0.05, 0.1) is 12.7 Å². The van der Waals surface area contributed by atoms with Crippen LogP contribution in [0.25, 0.3) is 0 Å². The Kier molecular flexibility index (Phi) is 6.33. The third-order valence-corrected chi connectivity index (χ3v) is 3.01. The number of hydrogen-bond acceptors (Lipinski definition) is 3. The average Bonchev–Trinajstić information content (AvgIpc) is 2.29. The molecule has 1 aromatic rings.